The first kappa shape index (κ1) is 17.7. The van der Waals surface area contributed by atoms with Crippen LogP contribution in [0.25, 0.3) is 0 Å². The summed E-state index contributed by atoms with van der Waals surface area (Å²) in [6.07, 6.45) is -0.0318. The summed E-state index contributed by atoms with van der Waals surface area (Å²) in [4.78, 5) is 25.4. The van der Waals surface area contributed by atoms with E-state index in [1.54, 1.807) is 0 Å². The van der Waals surface area contributed by atoms with Crippen LogP contribution in [-0.4, -0.2) is 50.3 Å². The van der Waals surface area contributed by atoms with Gasteiger partial charge in [-0.1, -0.05) is 5.75 Å². The number of ketones is 2. The Labute approximate surface area is 147 Å². The van der Waals surface area contributed by atoms with Crippen LogP contribution in [0.15, 0.2) is 18.2 Å². The first-order chi connectivity index (χ1) is 12.3. The fourth-order valence-corrected chi connectivity index (χ4v) is 3.24. The summed E-state index contributed by atoms with van der Waals surface area (Å²) in [6, 6.07) is 2.83. The molecular weight excluding hydrogens is 344 g/mol. The molecule has 5 N–H and O–H groups in total. The number of phenols is 3. The molecule has 1 atom stereocenters. The van der Waals surface area contributed by atoms with Gasteiger partial charge in [0.2, 0.25) is 0 Å². The summed E-state index contributed by atoms with van der Waals surface area (Å²) in [5.41, 5.74) is -1.83. The van der Waals surface area contributed by atoms with Crippen molar-refractivity contribution >= 4 is 11.6 Å². The molecule has 0 amide bonds. The number of rotatable bonds is 4. The predicted octanol–water partition coefficient (Wildman–Crippen LogP) is 0.111. The molecule has 2 aromatic rings. The fraction of sp³-hybridized carbons (Fsp3) is 0.222. The van der Waals surface area contributed by atoms with E-state index in [1.807, 2.05) is 0 Å². The molecule has 0 radical (unpaired) electrons. The topological polar surface area (TPSA) is 158 Å². The van der Waals surface area contributed by atoms with Gasteiger partial charge in [0.15, 0.2) is 11.6 Å². The molecule has 3 rings (SSSR count). The monoisotopic (exact) mass is 359 g/mol. The number of aromatic hydroxyl groups is 3. The Morgan fingerprint density at radius 3 is 2.15 bits per heavy atom. The minimum Gasteiger partial charge on any atom is -0.872 e. The van der Waals surface area contributed by atoms with Crippen LogP contribution < -0.4 is 5.11 Å². The summed E-state index contributed by atoms with van der Waals surface area (Å²) < 4.78 is 0. The van der Waals surface area contributed by atoms with Crippen LogP contribution in [0.3, 0.4) is 0 Å². The zero-order valence-corrected chi connectivity index (χ0v) is 13.4. The highest BCUT2D eigenvalue weighted by molar-refractivity contribution is 6.30. The normalized spacial score (nSPS) is 14.1. The Morgan fingerprint density at radius 1 is 0.885 bits per heavy atom. The Hall–Kier alpha value is -3.10. The number of hydrogen-bond acceptors (Lipinski definition) is 8. The van der Waals surface area contributed by atoms with E-state index in [9.17, 15) is 35.1 Å². The van der Waals surface area contributed by atoms with Crippen LogP contribution >= 0.6 is 0 Å². The lowest BCUT2D eigenvalue weighted by Crippen LogP contribution is -2.24. The van der Waals surface area contributed by atoms with Crippen molar-refractivity contribution in [2.24, 2.45) is 0 Å². The second-order valence-corrected chi connectivity index (χ2v) is 6.00. The summed E-state index contributed by atoms with van der Waals surface area (Å²) in [5.74, 6) is -5.24. The molecule has 0 unspecified atom stereocenters. The average molecular weight is 359 g/mol. The molecule has 136 valence electrons. The van der Waals surface area contributed by atoms with Crippen LogP contribution in [0.5, 0.6) is 23.0 Å². The highest BCUT2D eigenvalue weighted by atomic mass is 16.3. The molecule has 1 aliphatic carbocycles. The third-order valence-corrected chi connectivity index (χ3v) is 4.45. The summed E-state index contributed by atoms with van der Waals surface area (Å²) >= 11 is 0. The van der Waals surface area contributed by atoms with Crippen molar-refractivity contribution < 1.29 is 40.2 Å². The van der Waals surface area contributed by atoms with Gasteiger partial charge in [-0.25, -0.2) is 0 Å². The molecule has 8 heteroatoms. The van der Waals surface area contributed by atoms with Crippen LogP contribution in [0, 0.1) is 0 Å². The Balaban J connectivity index is 2.29. The van der Waals surface area contributed by atoms with Crippen molar-refractivity contribution in [1.82, 2.24) is 0 Å². The molecule has 0 spiro atoms. The van der Waals surface area contributed by atoms with Crippen LogP contribution in [0.4, 0.5) is 0 Å². The molecule has 0 heterocycles. The minimum absolute atomic E-state index is 0.0318. The maximum atomic E-state index is 12.8. The Kier molecular flexibility index (Phi) is 4.31. The zero-order chi connectivity index (χ0) is 19.2. The highest BCUT2D eigenvalue weighted by Gasteiger charge is 2.35. The standard InChI is InChI=1S/C18H16O8/c19-2-1-7(6-20)13-12(23)5-10-15(17(13)25)18(26)14-9(16(10)24)3-8(21)4-11(14)22/h3-5,7,19-23,25H,1-2,6H2/p-1/t7-/m1/s1. The molecule has 2 aromatic carbocycles. The highest BCUT2D eigenvalue weighted by Crippen LogP contribution is 2.44. The van der Waals surface area contributed by atoms with E-state index < -0.39 is 58.2 Å². The van der Waals surface area contributed by atoms with Gasteiger partial charge in [-0.3, -0.25) is 9.59 Å². The maximum Gasteiger partial charge on any atom is 0.197 e. The number of benzene rings is 2. The third-order valence-electron chi connectivity index (χ3n) is 4.45. The zero-order valence-electron chi connectivity index (χ0n) is 13.4. The number of phenolic OH excluding ortho intramolecular Hbond substituents is 3. The van der Waals surface area contributed by atoms with Gasteiger partial charge in [0, 0.05) is 35.3 Å². The van der Waals surface area contributed by atoms with Crippen LogP contribution in [-0.2, 0) is 0 Å². The van der Waals surface area contributed by atoms with Crippen LogP contribution in [0.2, 0.25) is 0 Å². The molecule has 26 heavy (non-hydrogen) atoms. The maximum absolute atomic E-state index is 12.8. The van der Waals surface area contributed by atoms with Gasteiger partial charge in [0.05, 0.1) is 12.2 Å². The largest absolute Gasteiger partial charge is 0.872 e. The molecule has 8 nitrogen and oxygen atoms in total. The van der Waals surface area contributed by atoms with Crippen molar-refractivity contribution in [1.29, 1.82) is 0 Å². The fourth-order valence-electron chi connectivity index (χ4n) is 3.24. The van der Waals surface area contributed by atoms with Gasteiger partial charge in [-0.2, -0.15) is 0 Å². The second-order valence-electron chi connectivity index (χ2n) is 6.00. The number of aliphatic hydroxyl groups excluding tert-OH is 2. The smallest absolute Gasteiger partial charge is 0.197 e. The number of carbonyl (C=O) groups is 2. The van der Waals surface area contributed by atoms with E-state index in [0.29, 0.717) is 0 Å². The first-order valence-corrected chi connectivity index (χ1v) is 7.75. The van der Waals surface area contributed by atoms with E-state index in [1.165, 1.54) is 0 Å². The van der Waals surface area contributed by atoms with Crippen molar-refractivity contribution in [3.63, 3.8) is 0 Å². The number of hydrogen-bond donors (Lipinski definition) is 5. The van der Waals surface area contributed by atoms with Crippen LogP contribution in [0.1, 0.15) is 49.7 Å². The van der Waals surface area contributed by atoms with E-state index in [0.717, 1.165) is 18.2 Å². The molecule has 0 aromatic heterocycles. The molecule has 0 saturated carbocycles. The first-order valence-electron chi connectivity index (χ1n) is 7.75. The van der Waals surface area contributed by atoms with Crippen molar-refractivity contribution in [3.8, 4) is 23.0 Å². The van der Waals surface area contributed by atoms with E-state index in [2.05, 4.69) is 0 Å². The lowest BCUT2D eigenvalue weighted by Gasteiger charge is -2.29. The Bertz CT molecular complexity index is 932. The summed E-state index contributed by atoms with van der Waals surface area (Å²) in [6.45, 7) is -0.920. The molecule has 0 aliphatic heterocycles. The second kappa shape index (κ2) is 6.32. The van der Waals surface area contributed by atoms with Gasteiger partial charge >= 0.3 is 0 Å². The van der Waals surface area contributed by atoms with Gasteiger partial charge in [-0.05, 0) is 24.1 Å². The molecule has 1 aliphatic rings. The summed E-state index contributed by atoms with van der Waals surface area (Å²) in [7, 11) is 0. The minimum atomic E-state index is -0.941. The molecule has 0 fully saturated rings. The average Bonchev–Trinajstić information content (AvgIpc) is 2.57. The molecule has 0 bridgehead atoms. The van der Waals surface area contributed by atoms with Gasteiger partial charge in [-0.15, -0.1) is 0 Å². The van der Waals surface area contributed by atoms with Crippen molar-refractivity contribution in [3.05, 3.63) is 46.0 Å². The van der Waals surface area contributed by atoms with Gasteiger partial charge in [0.25, 0.3) is 0 Å². The van der Waals surface area contributed by atoms with Crippen molar-refractivity contribution in [2.75, 3.05) is 13.2 Å². The van der Waals surface area contributed by atoms with Gasteiger partial charge < -0.3 is 30.6 Å². The molecule has 0 saturated heterocycles. The Morgan fingerprint density at radius 2 is 1.54 bits per heavy atom. The number of carbonyl (C=O) groups excluding carboxylic acids is 2. The SMILES string of the molecule is O=C1c2cc(O)cc(O)c2C(=O)c2c1cc(O)c([C@@H](CO)CCO)c2[O-]. The van der Waals surface area contributed by atoms with E-state index in [-0.39, 0.29) is 29.7 Å². The lowest BCUT2D eigenvalue weighted by atomic mass is 9.80. The van der Waals surface area contributed by atoms with E-state index >= 15 is 0 Å². The quantitative estimate of drug-likeness (QED) is 0.439. The number of aliphatic hydroxyl groups is 2. The predicted molar refractivity (Wildman–Crippen MR) is 85.7 cm³/mol. The van der Waals surface area contributed by atoms with Crippen molar-refractivity contribution in [2.45, 2.75) is 12.3 Å². The van der Waals surface area contributed by atoms with E-state index in [4.69, 9.17) is 5.11 Å². The van der Waals surface area contributed by atoms with Gasteiger partial charge in [0.1, 0.15) is 17.2 Å². The lowest BCUT2D eigenvalue weighted by molar-refractivity contribution is -0.270. The molecular formula is C18H15O8-. The number of fused-ring (bicyclic) bond motifs is 2. The third kappa shape index (κ3) is 2.47. The summed E-state index contributed by atoms with van der Waals surface area (Å²) in [5, 5.41) is 61.0.